The van der Waals surface area contributed by atoms with Crippen molar-refractivity contribution in [3.63, 3.8) is 0 Å². The SMILES string of the molecule is CC.CCc1ccccc1C#N. The zero-order valence-electron chi connectivity index (χ0n) is 7.96. The van der Waals surface area contributed by atoms with Crippen molar-refractivity contribution in [2.75, 3.05) is 0 Å². The summed E-state index contributed by atoms with van der Waals surface area (Å²) in [6, 6.07) is 9.82. The molecule has 0 N–H and O–H groups in total. The van der Waals surface area contributed by atoms with Gasteiger partial charge < -0.3 is 0 Å². The largest absolute Gasteiger partial charge is 0.192 e. The number of benzene rings is 1. The first-order valence-electron chi connectivity index (χ1n) is 4.36. The molecule has 0 spiro atoms. The molecule has 0 amide bonds. The Bertz CT molecular complexity index is 258. The van der Waals surface area contributed by atoms with Crippen LogP contribution >= 0.6 is 0 Å². The van der Waals surface area contributed by atoms with Gasteiger partial charge in [-0.3, -0.25) is 0 Å². The van der Waals surface area contributed by atoms with Crippen LogP contribution in [-0.4, -0.2) is 0 Å². The fraction of sp³-hybridized carbons (Fsp3) is 0.364. The molecule has 12 heavy (non-hydrogen) atoms. The van der Waals surface area contributed by atoms with Gasteiger partial charge in [0.25, 0.3) is 0 Å². The maximum atomic E-state index is 8.60. The lowest BCUT2D eigenvalue weighted by Gasteiger charge is -1.96. The highest BCUT2D eigenvalue weighted by molar-refractivity contribution is 5.36. The van der Waals surface area contributed by atoms with E-state index in [1.165, 1.54) is 0 Å². The molecule has 1 rings (SSSR count). The minimum atomic E-state index is 0.796. The number of nitrogens with zero attached hydrogens (tertiary/aromatic N) is 1. The number of hydrogen-bond acceptors (Lipinski definition) is 1. The Labute approximate surface area is 74.7 Å². The van der Waals surface area contributed by atoms with Crippen molar-refractivity contribution in [3.05, 3.63) is 35.4 Å². The van der Waals surface area contributed by atoms with Gasteiger partial charge in [0.05, 0.1) is 11.6 Å². The van der Waals surface area contributed by atoms with Crippen LogP contribution in [0.3, 0.4) is 0 Å². The molecule has 0 aromatic heterocycles. The van der Waals surface area contributed by atoms with Crippen molar-refractivity contribution in [1.29, 1.82) is 5.26 Å². The Morgan fingerprint density at radius 1 is 1.25 bits per heavy atom. The number of hydrogen-bond donors (Lipinski definition) is 0. The molecule has 64 valence electrons. The molecule has 0 saturated heterocycles. The van der Waals surface area contributed by atoms with E-state index in [0.717, 1.165) is 17.5 Å². The zero-order chi connectivity index (χ0) is 9.40. The lowest BCUT2D eigenvalue weighted by Crippen LogP contribution is -1.84. The quantitative estimate of drug-likeness (QED) is 0.620. The highest BCUT2D eigenvalue weighted by atomic mass is 14.2. The molecular weight excluding hydrogens is 146 g/mol. The van der Waals surface area contributed by atoms with Gasteiger partial charge in [0.2, 0.25) is 0 Å². The minimum absolute atomic E-state index is 0.796. The predicted molar refractivity (Wildman–Crippen MR) is 51.9 cm³/mol. The van der Waals surface area contributed by atoms with E-state index < -0.39 is 0 Å². The van der Waals surface area contributed by atoms with Gasteiger partial charge in [0.15, 0.2) is 0 Å². The average Bonchev–Trinajstić information content (AvgIpc) is 2.20. The summed E-state index contributed by atoms with van der Waals surface area (Å²) in [4.78, 5) is 0. The van der Waals surface area contributed by atoms with Crippen molar-refractivity contribution in [3.8, 4) is 6.07 Å². The summed E-state index contributed by atoms with van der Waals surface area (Å²) in [5.74, 6) is 0. The van der Waals surface area contributed by atoms with Crippen molar-refractivity contribution < 1.29 is 0 Å². The first kappa shape index (κ1) is 10.7. The van der Waals surface area contributed by atoms with Crippen LogP contribution in [0.15, 0.2) is 24.3 Å². The third-order valence-electron chi connectivity index (χ3n) is 1.52. The van der Waals surface area contributed by atoms with E-state index in [9.17, 15) is 0 Å². The van der Waals surface area contributed by atoms with Gasteiger partial charge >= 0.3 is 0 Å². The van der Waals surface area contributed by atoms with Crippen LogP contribution in [0, 0.1) is 11.3 Å². The van der Waals surface area contributed by atoms with Crippen LogP contribution < -0.4 is 0 Å². The number of aryl methyl sites for hydroxylation is 1. The van der Waals surface area contributed by atoms with Crippen LogP contribution in [0.4, 0.5) is 0 Å². The smallest absolute Gasteiger partial charge is 0.0994 e. The summed E-state index contributed by atoms with van der Waals surface area (Å²) in [6.07, 6.45) is 0.934. The summed E-state index contributed by atoms with van der Waals surface area (Å²) >= 11 is 0. The van der Waals surface area contributed by atoms with Crippen LogP contribution in [-0.2, 0) is 6.42 Å². The highest BCUT2D eigenvalue weighted by Crippen LogP contribution is 2.06. The Morgan fingerprint density at radius 2 is 1.83 bits per heavy atom. The normalized spacial score (nSPS) is 7.83. The molecular formula is C11H15N. The molecule has 1 nitrogen and oxygen atoms in total. The van der Waals surface area contributed by atoms with E-state index in [1.807, 2.05) is 38.1 Å². The molecule has 0 fully saturated rings. The molecule has 1 aromatic rings. The molecule has 1 heteroatoms. The lowest BCUT2D eigenvalue weighted by atomic mass is 10.1. The molecule has 0 unspecified atom stereocenters. The molecule has 0 radical (unpaired) electrons. The molecule has 0 saturated carbocycles. The van der Waals surface area contributed by atoms with Gasteiger partial charge in [-0.15, -0.1) is 0 Å². The van der Waals surface area contributed by atoms with Crippen LogP contribution in [0.2, 0.25) is 0 Å². The molecule has 0 heterocycles. The average molecular weight is 161 g/mol. The predicted octanol–water partition coefficient (Wildman–Crippen LogP) is 3.15. The zero-order valence-corrected chi connectivity index (χ0v) is 7.96. The fourth-order valence-corrected chi connectivity index (χ4v) is 0.938. The van der Waals surface area contributed by atoms with E-state index in [2.05, 4.69) is 13.0 Å². The van der Waals surface area contributed by atoms with Gasteiger partial charge in [-0.1, -0.05) is 39.0 Å². The summed E-state index contributed by atoms with van der Waals surface area (Å²) < 4.78 is 0. The highest BCUT2D eigenvalue weighted by Gasteiger charge is 1.94. The van der Waals surface area contributed by atoms with Gasteiger partial charge in [-0.25, -0.2) is 0 Å². The van der Waals surface area contributed by atoms with Gasteiger partial charge in [0.1, 0.15) is 0 Å². The van der Waals surface area contributed by atoms with E-state index >= 15 is 0 Å². The number of nitriles is 1. The minimum Gasteiger partial charge on any atom is -0.192 e. The van der Waals surface area contributed by atoms with Gasteiger partial charge in [-0.05, 0) is 18.1 Å². The summed E-state index contributed by atoms with van der Waals surface area (Å²) in [7, 11) is 0. The molecule has 1 aromatic carbocycles. The molecule has 0 atom stereocenters. The van der Waals surface area contributed by atoms with Crippen molar-refractivity contribution in [1.82, 2.24) is 0 Å². The Balaban J connectivity index is 0.000000561. The van der Waals surface area contributed by atoms with Gasteiger partial charge in [-0.2, -0.15) is 5.26 Å². The molecule has 0 aliphatic heterocycles. The summed E-state index contributed by atoms with van der Waals surface area (Å²) in [5.41, 5.74) is 1.93. The van der Waals surface area contributed by atoms with Crippen LogP contribution in [0.25, 0.3) is 0 Å². The molecule has 0 aliphatic rings. The molecule has 0 aliphatic carbocycles. The first-order valence-corrected chi connectivity index (χ1v) is 4.36. The van der Waals surface area contributed by atoms with E-state index in [0.29, 0.717) is 0 Å². The van der Waals surface area contributed by atoms with Crippen molar-refractivity contribution >= 4 is 0 Å². The van der Waals surface area contributed by atoms with Crippen LogP contribution in [0.1, 0.15) is 31.9 Å². The van der Waals surface area contributed by atoms with Gasteiger partial charge in [0, 0.05) is 0 Å². The summed E-state index contributed by atoms with van der Waals surface area (Å²) in [5, 5.41) is 8.60. The second kappa shape index (κ2) is 6.42. The monoisotopic (exact) mass is 161 g/mol. The van der Waals surface area contributed by atoms with Crippen molar-refractivity contribution in [2.24, 2.45) is 0 Å². The van der Waals surface area contributed by atoms with E-state index in [4.69, 9.17) is 5.26 Å². The second-order valence-corrected chi connectivity index (χ2v) is 2.12. The van der Waals surface area contributed by atoms with Crippen LogP contribution in [0.5, 0.6) is 0 Å². The summed E-state index contributed by atoms with van der Waals surface area (Å²) in [6.45, 7) is 6.05. The maximum absolute atomic E-state index is 8.60. The fourth-order valence-electron chi connectivity index (χ4n) is 0.938. The Morgan fingerprint density at radius 3 is 2.25 bits per heavy atom. The molecule has 0 bridgehead atoms. The van der Waals surface area contributed by atoms with E-state index in [1.54, 1.807) is 0 Å². The Hall–Kier alpha value is -1.29. The van der Waals surface area contributed by atoms with Crippen molar-refractivity contribution in [2.45, 2.75) is 27.2 Å². The topological polar surface area (TPSA) is 23.8 Å². The maximum Gasteiger partial charge on any atom is 0.0994 e. The third-order valence-corrected chi connectivity index (χ3v) is 1.52. The first-order chi connectivity index (χ1) is 5.88. The Kier molecular flexibility index (Phi) is 5.73. The van der Waals surface area contributed by atoms with E-state index in [-0.39, 0.29) is 0 Å². The standard InChI is InChI=1S/C9H9N.C2H6/c1-2-8-5-3-4-6-9(8)7-10;1-2/h3-6H,2H2,1H3;1-2H3. The lowest BCUT2D eigenvalue weighted by molar-refractivity contribution is 1.13. The third kappa shape index (κ3) is 2.75. The second-order valence-electron chi connectivity index (χ2n) is 2.12. The number of rotatable bonds is 1.